The molecule has 5 rings (SSSR count). The predicted octanol–water partition coefficient (Wildman–Crippen LogP) is 6.51. The van der Waals surface area contributed by atoms with Crippen molar-refractivity contribution in [3.63, 3.8) is 0 Å². The Labute approximate surface area is 207 Å². The summed E-state index contributed by atoms with van der Waals surface area (Å²) >= 11 is 0. The Hall–Kier alpha value is -3.69. The fraction of sp³-hybridized carbons (Fsp3) is 0.219. The molecule has 1 saturated heterocycles. The molecule has 3 nitrogen and oxygen atoms in total. The second-order valence-corrected chi connectivity index (χ2v) is 9.57. The maximum atomic E-state index is 14.1. The normalized spacial score (nSPS) is 15.9. The van der Waals surface area contributed by atoms with Gasteiger partial charge < -0.3 is 10.0 Å². The van der Waals surface area contributed by atoms with Gasteiger partial charge in [-0.1, -0.05) is 108 Å². The summed E-state index contributed by atoms with van der Waals surface area (Å²) < 4.78 is 0. The summed E-state index contributed by atoms with van der Waals surface area (Å²) in [6.45, 7) is 4.70. The Kier molecular flexibility index (Phi) is 6.27. The van der Waals surface area contributed by atoms with E-state index in [4.69, 9.17) is 0 Å². The number of likely N-dealkylation sites (tertiary alicyclic amines) is 1. The van der Waals surface area contributed by atoms with Gasteiger partial charge in [-0.05, 0) is 55.0 Å². The van der Waals surface area contributed by atoms with Gasteiger partial charge >= 0.3 is 0 Å². The van der Waals surface area contributed by atoms with Crippen molar-refractivity contribution in [2.75, 3.05) is 6.54 Å². The number of rotatable bonds is 5. The predicted molar refractivity (Wildman–Crippen MR) is 141 cm³/mol. The molecule has 3 heteroatoms. The lowest BCUT2D eigenvalue weighted by Gasteiger charge is -2.40. The molecule has 176 valence electrons. The highest BCUT2D eigenvalue weighted by Gasteiger charge is 2.47. The summed E-state index contributed by atoms with van der Waals surface area (Å²) in [5, 5.41) is 12.5. The molecule has 1 heterocycles. The number of aliphatic hydroxyl groups is 1. The first kappa shape index (κ1) is 23.1. The van der Waals surface area contributed by atoms with Crippen LogP contribution in [0.5, 0.6) is 0 Å². The Balaban J connectivity index is 1.60. The standard InChI is InChI=1S/C32H31NO2/c1-23-14-18-26(19-15-23)32(35,27-20-16-24(2)17-21-27)30-13-8-22-33(30)31(34)29-12-7-6-11-28(29)25-9-4-3-5-10-25/h3-7,9-12,14-21,30,35H,8,13,22H2,1-2H3/t30-/m0/s1. The number of hydrogen-bond donors (Lipinski definition) is 1. The smallest absolute Gasteiger partial charge is 0.254 e. The second-order valence-electron chi connectivity index (χ2n) is 9.57. The highest BCUT2D eigenvalue weighted by atomic mass is 16.3. The number of benzene rings is 4. The minimum atomic E-state index is -1.31. The number of aryl methyl sites for hydroxylation is 2. The van der Waals surface area contributed by atoms with Gasteiger partial charge in [0.25, 0.3) is 5.91 Å². The van der Waals surface area contributed by atoms with Crippen LogP contribution in [-0.2, 0) is 5.60 Å². The largest absolute Gasteiger partial charge is 0.378 e. The van der Waals surface area contributed by atoms with Crippen LogP contribution in [0.25, 0.3) is 11.1 Å². The average Bonchev–Trinajstić information content (AvgIpc) is 3.40. The molecule has 1 N–H and O–H groups in total. The van der Waals surface area contributed by atoms with Gasteiger partial charge in [-0.2, -0.15) is 0 Å². The zero-order chi connectivity index (χ0) is 24.4. The van der Waals surface area contributed by atoms with Crippen molar-refractivity contribution in [1.29, 1.82) is 0 Å². The van der Waals surface area contributed by atoms with Crippen LogP contribution in [0.2, 0.25) is 0 Å². The highest BCUT2D eigenvalue weighted by molar-refractivity contribution is 6.01. The third kappa shape index (κ3) is 4.28. The molecule has 0 spiro atoms. The summed E-state index contributed by atoms with van der Waals surface area (Å²) in [5.41, 5.74) is 5.18. The molecular formula is C32H31NO2. The third-order valence-corrected chi connectivity index (χ3v) is 7.22. The Morgan fingerprint density at radius 1 is 0.771 bits per heavy atom. The van der Waals surface area contributed by atoms with Crippen molar-refractivity contribution in [3.05, 3.63) is 131 Å². The van der Waals surface area contributed by atoms with Gasteiger partial charge in [-0.3, -0.25) is 4.79 Å². The van der Waals surface area contributed by atoms with Gasteiger partial charge in [0.15, 0.2) is 0 Å². The van der Waals surface area contributed by atoms with Crippen molar-refractivity contribution >= 4 is 5.91 Å². The van der Waals surface area contributed by atoms with Gasteiger partial charge in [0.05, 0.1) is 6.04 Å². The third-order valence-electron chi connectivity index (χ3n) is 7.22. The van der Waals surface area contributed by atoms with Crippen molar-refractivity contribution in [2.24, 2.45) is 0 Å². The lowest BCUT2D eigenvalue weighted by Crippen LogP contribution is -2.50. The molecule has 0 unspecified atom stereocenters. The molecule has 35 heavy (non-hydrogen) atoms. The quantitative estimate of drug-likeness (QED) is 0.368. The van der Waals surface area contributed by atoms with Crippen LogP contribution in [0.15, 0.2) is 103 Å². The minimum absolute atomic E-state index is 0.0374. The van der Waals surface area contributed by atoms with E-state index in [0.29, 0.717) is 12.1 Å². The van der Waals surface area contributed by atoms with Crippen LogP contribution < -0.4 is 0 Å². The van der Waals surface area contributed by atoms with Gasteiger partial charge in [-0.25, -0.2) is 0 Å². The summed E-state index contributed by atoms with van der Waals surface area (Å²) in [7, 11) is 0. The lowest BCUT2D eigenvalue weighted by atomic mass is 9.78. The van der Waals surface area contributed by atoms with E-state index in [0.717, 1.165) is 46.2 Å². The van der Waals surface area contributed by atoms with Crippen molar-refractivity contribution in [2.45, 2.75) is 38.3 Å². The molecule has 0 aromatic heterocycles. The molecule has 0 saturated carbocycles. The van der Waals surface area contributed by atoms with E-state index < -0.39 is 5.60 Å². The van der Waals surface area contributed by atoms with E-state index in [2.05, 4.69) is 0 Å². The van der Waals surface area contributed by atoms with Crippen LogP contribution in [0, 0.1) is 13.8 Å². The van der Waals surface area contributed by atoms with E-state index in [1.165, 1.54) is 0 Å². The molecule has 1 amide bonds. The van der Waals surface area contributed by atoms with Gasteiger partial charge in [0.1, 0.15) is 5.60 Å². The average molecular weight is 462 g/mol. The van der Waals surface area contributed by atoms with Crippen molar-refractivity contribution in [1.82, 2.24) is 4.90 Å². The molecule has 4 aromatic rings. The Morgan fingerprint density at radius 2 is 1.31 bits per heavy atom. The molecule has 0 radical (unpaired) electrons. The molecule has 1 aliphatic rings. The maximum Gasteiger partial charge on any atom is 0.254 e. The lowest BCUT2D eigenvalue weighted by molar-refractivity contribution is -0.000706. The zero-order valence-corrected chi connectivity index (χ0v) is 20.3. The number of hydrogen-bond acceptors (Lipinski definition) is 2. The molecule has 4 aromatic carbocycles. The molecular weight excluding hydrogens is 430 g/mol. The fourth-order valence-corrected chi connectivity index (χ4v) is 5.30. The number of carbonyl (C=O) groups excluding carboxylic acids is 1. The Bertz CT molecular complexity index is 1260. The molecule has 0 bridgehead atoms. The zero-order valence-electron chi connectivity index (χ0n) is 20.3. The first-order chi connectivity index (χ1) is 17.0. The van der Waals surface area contributed by atoms with Crippen LogP contribution in [-0.4, -0.2) is 28.5 Å². The van der Waals surface area contributed by atoms with Crippen LogP contribution >= 0.6 is 0 Å². The van der Waals surface area contributed by atoms with E-state index in [-0.39, 0.29) is 11.9 Å². The summed E-state index contributed by atoms with van der Waals surface area (Å²) in [5.74, 6) is -0.0374. The van der Waals surface area contributed by atoms with E-state index >= 15 is 0 Å². The summed E-state index contributed by atoms with van der Waals surface area (Å²) in [6.07, 6.45) is 1.58. The number of carbonyl (C=O) groups is 1. The first-order valence-corrected chi connectivity index (χ1v) is 12.3. The topological polar surface area (TPSA) is 40.5 Å². The van der Waals surface area contributed by atoms with Crippen molar-refractivity contribution < 1.29 is 9.90 Å². The maximum absolute atomic E-state index is 14.1. The van der Waals surface area contributed by atoms with Gasteiger partial charge in [-0.15, -0.1) is 0 Å². The molecule has 1 fully saturated rings. The van der Waals surface area contributed by atoms with E-state index in [1.807, 2.05) is 122 Å². The SMILES string of the molecule is Cc1ccc(C(O)(c2ccc(C)cc2)[C@@H]2CCCN2C(=O)c2ccccc2-c2ccccc2)cc1. The number of nitrogens with zero attached hydrogens (tertiary/aromatic N) is 1. The number of amides is 1. The second kappa shape index (κ2) is 9.52. The highest BCUT2D eigenvalue weighted by Crippen LogP contribution is 2.41. The van der Waals surface area contributed by atoms with Crippen LogP contribution in [0.1, 0.15) is 45.5 Å². The molecule has 1 aliphatic heterocycles. The summed E-state index contributed by atoms with van der Waals surface area (Å²) in [4.78, 5) is 16.0. The van der Waals surface area contributed by atoms with Crippen molar-refractivity contribution in [3.8, 4) is 11.1 Å². The molecule has 0 aliphatic carbocycles. The van der Waals surface area contributed by atoms with E-state index in [9.17, 15) is 9.90 Å². The van der Waals surface area contributed by atoms with Crippen LogP contribution in [0.4, 0.5) is 0 Å². The monoisotopic (exact) mass is 461 g/mol. The Morgan fingerprint density at radius 3 is 1.91 bits per heavy atom. The molecule has 1 atom stereocenters. The van der Waals surface area contributed by atoms with Gasteiger partial charge in [0, 0.05) is 12.1 Å². The fourth-order valence-electron chi connectivity index (χ4n) is 5.30. The van der Waals surface area contributed by atoms with E-state index in [1.54, 1.807) is 0 Å². The minimum Gasteiger partial charge on any atom is -0.378 e. The summed E-state index contributed by atoms with van der Waals surface area (Å²) in [6, 6.07) is 33.5. The van der Waals surface area contributed by atoms with Crippen LogP contribution in [0.3, 0.4) is 0 Å². The first-order valence-electron chi connectivity index (χ1n) is 12.3. The van der Waals surface area contributed by atoms with Gasteiger partial charge in [0.2, 0.25) is 0 Å².